The Balaban J connectivity index is 1.45. The van der Waals surface area contributed by atoms with Crippen molar-refractivity contribution in [3.05, 3.63) is 45.5 Å². The number of methoxy groups -OCH3 is 1. The van der Waals surface area contributed by atoms with E-state index in [2.05, 4.69) is 11.8 Å². The molecule has 2 aliphatic heterocycles. The molecule has 4 nitrogen and oxygen atoms in total. The van der Waals surface area contributed by atoms with Crippen molar-refractivity contribution in [3.8, 4) is 10.4 Å². The molecule has 2 fully saturated rings. The predicted octanol–water partition coefficient (Wildman–Crippen LogP) is 5.66. The molecule has 0 aliphatic carbocycles. The van der Waals surface area contributed by atoms with Crippen molar-refractivity contribution >= 4 is 28.8 Å². The number of thiophene rings is 1. The molecule has 4 rings (SSSR count). The van der Waals surface area contributed by atoms with E-state index in [1.54, 1.807) is 19.2 Å². The van der Waals surface area contributed by atoms with Crippen LogP contribution in [0.25, 0.3) is 10.4 Å². The van der Waals surface area contributed by atoms with Gasteiger partial charge < -0.3 is 14.5 Å². The number of hydrogen-bond donors (Lipinski definition) is 0. The van der Waals surface area contributed by atoms with Crippen molar-refractivity contribution in [3.63, 3.8) is 0 Å². The van der Waals surface area contributed by atoms with Gasteiger partial charge in [-0.1, -0.05) is 23.7 Å². The van der Waals surface area contributed by atoms with Gasteiger partial charge in [-0.15, -0.1) is 11.3 Å². The van der Waals surface area contributed by atoms with Crippen molar-refractivity contribution in [2.24, 2.45) is 0 Å². The van der Waals surface area contributed by atoms with E-state index in [4.69, 9.17) is 16.3 Å². The fraction of sp³-hybridized carbons (Fsp3) is 0.542. The Bertz CT molecular complexity index is 920. The molecule has 2 aliphatic rings. The number of amides is 1. The summed E-state index contributed by atoms with van der Waals surface area (Å²) in [5, 5.41) is 0.457. The van der Waals surface area contributed by atoms with Crippen LogP contribution in [0.2, 0.25) is 5.02 Å². The third kappa shape index (κ3) is 5.14. The molecule has 0 radical (unpaired) electrons. The number of piperidine rings is 1. The molecule has 1 aromatic carbocycles. The average Bonchev–Trinajstić information content (AvgIpc) is 3.44. The third-order valence-electron chi connectivity index (χ3n) is 6.50. The van der Waals surface area contributed by atoms with E-state index in [1.165, 1.54) is 11.3 Å². The van der Waals surface area contributed by atoms with Crippen LogP contribution in [0.15, 0.2) is 24.3 Å². The Kier molecular flexibility index (Phi) is 7.32. The smallest absolute Gasteiger partial charge is 0.265 e. The third-order valence-corrected chi connectivity index (χ3v) is 8.09. The van der Waals surface area contributed by atoms with E-state index < -0.39 is 0 Å². The topological polar surface area (TPSA) is 32.8 Å². The van der Waals surface area contributed by atoms with Crippen molar-refractivity contribution in [1.29, 1.82) is 0 Å². The van der Waals surface area contributed by atoms with Gasteiger partial charge in [-0.2, -0.15) is 0 Å². The van der Waals surface area contributed by atoms with Gasteiger partial charge in [0.1, 0.15) is 10.7 Å². The number of halogens is 2. The summed E-state index contributed by atoms with van der Waals surface area (Å²) in [6.07, 6.45) is 4.20. The Morgan fingerprint density at radius 2 is 1.94 bits per heavy atom. The molecule has 1 aromatic heterocycles. The quantitative estimate of drug-likeness (QED) is 0.553. The minimum Gasteiger partial charge on any atom is -0.380 e. The van der Waals surface area contributed by atoms with Gasteiger partial charge in [0.05, 0.1) is 11.1 Å². The summed E-state index contributed by atoms with van der Waals surface area (Å²) in [5.74, 6) is 0.0610. The molecule has 31 heavy (non-hydrogen) atoms. The van der Waals surface area contributed by atoms with Gasteiger partial charge in [0.2, 0.25) is 0 Å². The lowest BCUT2D eigenvalue weighted by molar-refractivity contribution is 0.0673. The van der Waals surface area contributed by atoms with Crippen molar-refractivity contribution < 1.29 is 13.9 Å². The van der Waals surface area contributed by atoms with Crippen LogP contribution in [0.1, 0.15) is 53.8 Å². The molecule has 2 saturated heterocycles. The maximum absolute atomic E-state index is 15.1. The van der Waals surface area contributed by atoms with Crippen LogP contribution in [0.3, 0.4) is 0 Å². The normalized spacial score (nSPS) is 19.2. The summed E-state index contributed by atoms with van der Waals surface area (Å²) in [5.41, 5.74) is 1.57. The number of nitrogens with zero attached hydrogens (tertiary/aromatic N) is 2. The number of hydrogen-bond acceptors (Lipinski definition) is 4. The fourth-order valence-electron chi connectivity index (χ4n) is 4.60. The highest BCUT2D eigenvalue weighted by Gasteiger charge is 2.26. The minimum absolute atomic E-state index is 0.00890. The molecule has 1 atom stereocenters. The Labute approximate surface area is 192 Å². The molecule has 0 bridgehead atoms. The second kappa shape index (κ2) is 9.99. The van der Waals surface area contributed by atoms with Crippen LogP contribution in [0, 0.1) is 5.82 Å². The second-order valence-corrected chi connectivity index (χ2v) is 10.1. The zero-order valence-corrected chi connectivity index (χ0v) is 19.8. The van der Waals surface area contributed by atoms with E-state index >= 15 is 4.39 Å². The predicted molar refractivity (Wildman–Crippen MR) is 125 cm³/mol. The summed E-state index contributed by atoms with van der Waals surface area (Å²) in [6, 6.07) is 7.27. The molecule has 7 heteroatoms. The van der Waals surface area contributed by atoms with E-state index in [0.717, 1.165) is 74.4 Å². The van der Waals surface area contributed by atoms with Gasteiger partial charge in [-0.3, -0.25) is 4.79 Å². The van der Waals surface area contributed by atoms with Crippen LogP contribution < -0.4 is 0 Å². The van der Waals surface area contributed by atoms with Gasteiger partial charge in [0, 0.05) is 31.6 Å². The first-order chi connectivity index (χ1) is 15.0. The Morgan fingerprint density at radius 1 is 1.23 bits per heavy atom. The van der Waals surface area contributed by atoms with E-state index in [9.17, 15) is 4.79 Å². The van der Waals surface area contributed by atoms with Crippen molar-refractivity contribution in [2.75, 3.05) is 39.8 Å². The lowest BCUT2D eigenvalue weighted by atomic mass is 9.88. The molecular weight excluding hydrogens is 435 g/mol. The number of carbonyl (C=O) groups excluding carboxylic acids is 1. The number of carbonyl (C=O) groups is 1. The van der Waals surface area contributed by atoms with Gasteiger partial charge in [-0.25, -0.2) is 4.39 Å². The molecule has 1 amide bonds. The Morgan fingerprint density at radius 3 is 2.58 bits per heavy atom. The van der Waals surface area contributed by atoms with Crippen molar-refractivity contribution in [1.82, 2.24) is 9.80 Å². The molecule has 0 spiro atoms. The molecule has 168 valence electrons. The highest BCUT2D eigenvalue weighted by molar-refractivity contribution is 7.18. The van der Waals surface area contributed by atoms with Gasteiger partial charge in [-0.05, 0) is 74.9 Å². The lowest BCUT2D eigenvalue weighted by Crippen LogP contribution is -2.38. The first-order valence-corrected chi connectivity index (χ1v) is 12.3. The highest BCUT2D eigenvalue weighted by atomic mass is 35.5. The maximum Gasteiger partial charge on any atom is 0.265 e. The molecule has 3 heterocycles. The molecule has 0 N–H and O–H groups in total. The monoisotopic (exact) mass is 464 g/mol. The fourth-order valence-corrected chi connectivity index (χ4v) is 5.98. The van der Waals surface area contributed by atoms with Crippen LogP contribution in [-0.2, 0) is 4.74 Å². The number of likely N-dealkylation sites (tertiary alicyclic amines) is 2. The zero-order chi connectivity index (χ0) is 22.0. The highest BCUT2D eigenvalue weighted by Crippen LogP contribution is 2.38. The molecule has 1 unspecified atom stereocenters. The number of ether oxygens (including phenoxy) is 1. The largest absolute Gasteiger partial charge is 0.380 e. The summed E-state index contributed by atoms with van der Waals surface area (Å²) < 4.78 is 20.4. The van der Waals surface area contributed by atoms with E-state index in [0.29, 0.717) is 9.90 Å². The summed E-state index contributed by atoms with van der Waals surface area (Å²) >= 11 is 7.73. The first-order valence-electron chi connectivity index (χ1n) is 11.1. The molecule has 2 aromatic rings. The standard InChI is InChI=1S/C24H30ClFN2O2S/c1-16(30-2)15-27-11-7-17(8-12-27)19-6-5-18(13-21(19)26)22-14-20(25)23(31-22)24(29)28-9-3-4-10-28/h5-6,13-14,16-17H,3-4,7-12,15H2,1-2H3. The number of benzene rings is 1. The van der Waals surface area contributed by atoms with Crippen molar-refractivity contribution in [2.45, 2.75) is 44.6 Å². The summed E-state index contributed by atoms with van der Waals surface area (Å²) in [6.45, 7) is 6.49. The van der Waals surface area contributed by atoms with Crippen LogP contribution in [-0.4, -0.2) is 61.6 Å². The minimum atomic E-state index is -0.168. The number of rotatable bonds is 6. The first kappa shape index (κ1) is 22.7. The lowest BCUT2D eigenvalue weighted by Gasteiger charge is -2.33. The van der Waals surface area contributed by atoms with Gasteiger partial charge in [0.15, 0.2) is 0 Å². The summed E-state index contributed by atoms with van der Waals surface area (Å²) in [4.78, 5) is 18.4. The van der Waals surface area contributed by atoms with Crippen LogP contribution in [0.5, 0.6) is 0 Å². The molecular formula is C24H30ClFN2O2S. The SMILES string of the molecule is COC(C)CN1CCC(c2ccc(-c3cc(Cl)c(C(=O)N4CCCC4)s3)cc2F)CC1. The Hall–Kier alpha value is -1.47. The average molecular weight is 465 g/mol. The van der Waals surface area contributed by atoms with E-state index in [1.807, 2.05) is 17.0 Å². The summed E-state index contributed by atoms with van der Waals surface area (Å²) in [7, 11) is 1.74. The maximum atomic E-state index is 15.1. The van der Waals surface area contributed by atoms with E-state index in [-0.39, 0.29) is 23.7 Å². The molecule has 0 saturated carbocycles. The van der Waals surface area contributed by atoms with Crippen LogP contribution >= 0.6 is 22.9 Å². The second-order valence-electron chi connectivity index (χ2n) is 8.64. The zero-order valence-electron chi connectivity index (χ0n) is 18.2. The van der Waals surface area contributed by atoms with Gasteiger partial charge >= 0.3 is 0 Å². The van der Waals surface area contributed by atoms with Crippen LogP contribution in [0.4, 0.5) is 4.39 Å². The van der Waals surface area contributed by atoms with Gasteiger partial charge in [0.25, 0.3) is 5.91 Å².